The minimum atomic E-state index is -0.517. The first-order valence-electron chi connectivity index (χ1n) is 11.0. The summed E-state index contributed by atoms with van der Waals surface area (Å²) in [5.41, 5.74) is 4.24. The molecular weight excluding hydrogens is 402 g/mol. The van der Waals surface area contributed by atoms with Crippen molar-refractivity contribution in [2.75, 3.05) is 18.7 Å². The van der Waals surface area contributed by atoms with E-state index in [0.717, 1.165) is 42.4 Å². The van der Waals surface area contributed by atoms with Gasteiger partial charge in [0.25, 0.3) is 0 Å². The van der Waals surface area contributed by atoms with Crippen molar-refractivity contribution in [2.24, 2.45) is 0 Å². The topological polar surface area (TPSA) is 59.0 Å². The fourth-order valence-corrected chi connectivity index (χ4v) is 3.67. The van der Waals surface area contributed by atoms with Crippen molar-refractivity contribution in [3.8, 4) is 22.6 Å². The monoisotopic (exact) mass is 433 g/mol. The Labute approximate surface area is 190 Å². The van der Waals surface area contributed by atoms with Crippen LogP contribution in [0.5, 0.6) is 11.5 Å². The van der Waals surface area contributed by atoms with E-state index in [1.165, 1.54) is 12.0 Å². The standard InChI is InChI=1S/C27H31NO4/c1-4-5-7-12-21-17-24(29)26(22-13-10-11-20(2)16-22)25(18-21)32-19-28(27(30)31-3)23-14-8-6-9-15-23/h6,8-11,13-18,29H,4-5,7,12,19H2,1-3H3. The van der Waals surface area contributed by atoms with Gasteiger partial charge in [-0.2, -0.15) is 0 Å². The molecule has 1 N–H and O–H groups in total. The van der Waals surface area contributed by atoms with Crippen LogP contribution in [0.1, 0.15) is 37.3 Å². The highest BCUT2D eigenvalue weighted by Crippen LogP contribution is 2.40. The van der Waals surface area contributed by atoms with Gasteiger partial charge in [0, 0.05) is 0 Å². The smallest absolute Gasteiger partial charge is 0.416 e. The SMILES string of the molecule is CCCCCc1cc(O)c(-c2cccc(C)c2)c(OCN(C(=O)OC)c2ccccc2)c1. The maximum Gasteiger partial charge on any atom is 0.416 e. The van der Waals surface area contributed by atoms with Crippen LogP contribution in [-0.2, 0) is 11.2 Å². The molecule has 3 aromatic rings. The van der Waals surface area contributed by atoms with Gasteiger partial charge in [-0.15, -0.1) is 0 Å². The number of benzene rings is 3. The zero-order chi connectivity index (χ0) is 22.9. The van der Waals surface area contributed by atoms with Crippen LogP contribution < -0.4 is 9.64 Å². The molecule has 0 aromatic heterocycles. The average Bonchev–Trinajstić information content (AvgIpc) is 2.79. The summed E-state index contributed by atoms with van der Waals surface area (Å²) in [5.74, 6) is 0.705. The lowest BCUT2D eigenvalue weighted by Crippen LogP contribution is -2.34. The first-order chi connectivity index (χ1) is 15.5. The molecule has 0 radical (unpaired) electrons. The van der Waals surface area contributed by atoms with Gasteiger partial charge < -0.3 is 14.6 Å². The minimum absolute atomic E-state index is 0.0483. The number of unbranched alkanes of at least 4 members (excludes halogenated alkanes) is 2. The Morgan fingerprint density at radius 2 is 1.78 bits per heavy atom. The van der Waals surface area contributed by atoms with E-state index in [0.29, 0.717) is 17.0 Å². The molecule has 168 valence electrons. The van der Waals surface area contributed by atoms with Crippen molar-refractivity contribution in [2.45, 2.75) is 39.5 Å². The summed E-state index contributed by atoms with van der Waals surface area (Å²) < 4.78 is 11.1. The maximum absolute atomic E-state index is 12.4. The van der Waals surface area contributed by atoms with Gasteiger partial charge >= 0.3 is 6.09 Å². The third-order valence-corrected chi connectivity index (χ3v) is 5.33. The van der Waals surface area contributed by atoms with Crippen molar-refractivity contribution in [3.63, 3.8) is 0 Å². The number of hydrogen-bond acceptors (Lipinski definition) is 4. The van der Waals surface area contributed by atoms with Gasteiger partial charge in [0.15, 0.2) is 6.73 Å². The van der Waals surface area contributed by atoms with Crippen molar-refractivity contribution < 1.29 is 19.4 Å². The lowest BCUT2D eigenvalue weighted by atomic mass is 9.98. The number of amides is 1. The molecule has 0 heterocycles. The van der Waals surface area contributed by atoms with Gasteiger partial charge in [0.2, 0.25) is 0 Å². The van der Waals surface area contributed by atoms with Gasteiger partial charge in [0.05, 0.1) is 18.4 Å². The molecule has 0 aliphatic heterocycles. The molecular formula is C27H31NO4. The molecule has 0 aliphatic rings. The number of anilines is 1. The summed E-state index contributed by atoms with van der Waals surface area (Å²) >= 11 is 0. The molecule has 0 atom stereocenters. The molecule has 0 fully saturated rings. The second-order valence-electron chi connectivity index (χ2n) is 7.82. The number of phenolic OH excluding ortho intramolecular Hbond substituents is 1. The van der Waals surface area contributed by atoms with Crippen molar-refractivity contribution in [3.05, 3.63) is 77.9 Å². The zero-order valence-corrected chi connectivity index (χ0v) is 19.0. The number of para-hydroxylation sites is 1. The molecule has 0 bridgehead atoms. The highest BCUT2D eigenvalue weighted by molar-refractivity contribution is 5.87. The molecule has 0 saturated heterocycles. The number of methoxy groups -OCH3 is 1. The van der Waals surface area contributed by atoms with E-state index in [-0.39, 0.29) is 12.5 Å². The second kappa shape index (κ2) is 11.2. The van der Waals surface area contributed by atoms with Gasteiger partial charge in [-0.05, 0) is 55.2 Å². The Balaban J connectivity index is 1.96. The first kappa shape index (κ1) is 23.2. The number of aromatic hydroxyl groups is 1. The number of rotatable bonds is 9. The van der Waals surface area contributed by atoms with E-state index in [1.807, 2.05) is 73.7 Å². The van der Waals surface area contributed by atoms with E-state index in [4.69, 9.17) is 9.47 Å². The van der Waals surface area contributed by atoms with Gasteiger partial charge in [-0.1, -0.05) is 67.8 Å². The van der Waals surface area contributed by atoms with Crippen LogP contribution in [0.3, 0.4) is 0 Å². The highest BCUT2D eigenvalue weighted by Gasteiger charge is 2.20. The van der Waals surface area contributed by atoms with Crippen LogP contribution >= 0.6 is 0 Å². The van der Waals surface area contributed by atoms with Crippen LogP contribution in [-0.4, -0.2) is 25.0 Å². The Morgan fingerprint density at radius 1 is 1.00 bits per heavy atom. The van der Waals surface area contributed by atoms with Crippen LogP contribution in [0.4, 0.5) is 10.5 Å². The molecule has 0 unspecified atom stereocenters. The molecule has 5 nitrogen and oxygen atoms in total. The summed E-state index contributed by atoms with van der Waals surface area (Å²) in [7, 11) is 1.34. The number of ether oxygens (including phenoxy) is 2. The zero-order valence-electron chi connectivity index (χ0n) is 19.0. The van der Waals surface area contributed by atoms with Crippen molar-refractivity contribution in [1.82, 2.24) is 0 Å². The molecule has 3 rings (SSSR count). The van der Waals surface area contributed by atoms with E-state index < -0.39 is 6.09 Å². The maximum atomic E-state index is 12.4. The fraction of sp³-hybridized carbons (Fsp3) is 0.296. The number of carbonyl (C=O) groups is 1. The summed E-state index contributed by atoms with van der Waals surface area (Å²) in [6.07, 6.45) is 3.63. The van der Waals surface area contributed by atoms with Crippen molar-refractivity contribution in [1.29, 1.82) is 0 Å². The largest absolute Gasteiger partial charge is 0.507 e. The molecule has 32 heavy (non-hydrogen) atoms. The van der Waals surface area contributed by atoms with E-state index in [9.17, 15) is 9.90 Å². The summed E-state index contributed by atoms with van der Waals surface area (Å²) in [5, 5.41) is 10.9. The normalized spacial score (nSPS) is 10.6. The Morgan fingerprint density at radius 3 is 2.47 bits per heavy atom. The van der Waals surface area contributed by atoms with E-state index in [1.54, 1.807) is 0 Å². The van der Waals surface area contributed by atoms with Gasteiger partial charge in [-0.25, -0.2) is 9.69 Å². The van der Waals surface area contributed by atoms with Gasteiger partial charge in [-0.3, -0.25) is 0 Å². The molecule has 3 aromatic carbocycles. The highest BCUT2D eigenvalue weighted by atomic mass is 16.6. The van der Waals surface area contributed by atoms with E-state index in [2.05, 4.69) is 6.92 Å². The summed E-state index contributed by atoms with van der Waals surface area (Å²) in [6.45, 7) is 4.12. The Bertz CT molecular complexity index is 1030. The number of nitrogens with zero attached hydrogens (tertiary/aromatic N) is 1. The number of hydrogen-bond donors (Lipinski definition) is 1. The van der Waals surface area contributed by atoms with Crippen LogP contribution in [0.25, 0.3) is 11.1 Å². The minimum Gasteiger partial charge on any atom is -0.507 e. The van der Waals surface area contributed by atoms with Crippen LogP contribution in [0.2, 0.25) is 0 Å². The van der Waals surface area contributed by atoms with E-state index >= 15 is 0 Å². The van der Waals surface area contributed by atoms with Crippen LogP contribution in [0, 0.1) is 6.92 Å². The average molecular weight is 434 g/mol. The quantitative estimate of drug-likeness (QED) is 0.301. The number of carbonyl (C=O) groups excluding carboxylic acids is 1. The molecule has 0 saturated carbocycles. The number of aryl methyl sites for hydroxylation is 2. The molecule has 5 heteroatoms. The third kappa shape index (κ3) is 5.82. The second-order valence-corrected chi connectivity index (χ2v) is 7.82. The lowest BCUT2D eigenvalue weighted by molar-refractivity contribution is 0.170. The predicted octanol–water partition coefficient (Wildman–Crippen LogP) is 6.71. The number of phenols is 1. The Kier molecular flexibility index (Phi) is 8.14. The van der Waals surface area contributed by atoms with Gasteiger partial charge in [0.1, 0.15) is 11.5 Å². The molecule has 0 aliphatic carbocycles. The summed E-state index contributed by atoms with van der Waals surface area (Å²) in [6, 6.07) is 20.9. The third-order valence-electron chi connectivity index (χ3n) is 5.33. The molecule has 0 spiro atoms. The lowest BCUT2D eigenvalue weighted by Gasteiger charge is -2.23. The summed E-state index contributed by atoms with van der Waals surface area (Å²) in [4.78, 5) is 13.8. The molecule has 1 amide bonds. The fourth-order valence-electron chi connectivity index (χ4n) is 3.67. The predicted molar refractivity (Wildman–Crippen MR) is 128 cm³/mol. The van der Waals surface area contributed by atoms with Crippen molar-refractivity contribution >= 4 is 11.8 Å². The van der Waals surface area contributed by atoms with Crippen LogP contribution in [0.15, 0.2) is 66.7 Å². The Hall–Kier alpha value is -3.47. The first-order valence-corrected chi connectivity index (χ1v) is 11.0.